The molecule has 104 valence electrons. The lowest BCUT2D eigenvalue weighted by Crippen LogP contribution is -2.23. The predicted octanol–water partition coefficient (Wildman–Crippen LogP) is 2.42. The van der Waals surface area contributed by atoms with Gasteiger partial charge in [0.05, 0.1) is 25.4 Å². The Kier molecular flexibility index (Phi) is 5.36. The maximum Gasteiger partial charge on any atom is 0.338 e. The van der Waals surface area contributed by atoms with E-state index in [4.69, 9.17) is 14.2 Å². The largest absolute Gasteiger partial charge is 0.462 e. The molecule has 0 unspecified atom stereocenters. The standard InChI is InChI=1S/C15H20O4/c1-17-9-12-4-2-6-14(8-12)15(16)19-11-13-5-3-7-18-10-13/h2,4,6,8,13H,3,5,7,9-11H2,1H3/t13-/m0/s1. The van der Waals surface area contributed by atoms with Gasteiger partial charge in [0, 0.05) is 19.6 Å². The lowest BCUT2D eigenvalue weighted by atomic mass is 10.0. The molecule has 1 saturated heterocycles. The number of carbonyl (C=O) groups is 1. The Labute approximate surface area is 113 Å². The van der Waals surface area contributed by atoms with Gasteiger partial charge in [-0.25, -0.2) is 4.79 Å². The second kappa shape index (κ2) is 7.26. The molecule has 0 amide bonds. The van der Waals surface area contributed by atoms with E-state index in [0.29, 0.717) is 31.3 Å². The van der Waals surface area contributed by atoms with Gasteiger partial charge in [0.1, 0.15) is 0 Å². The zero-order chi connectivity index (χ0) is 13.5. The van der Waals surface area contributed by atoms with Crippen molar-refractivity contribution in [1.29, 1.82) is 0 Å². The molecule has 1 aliphatic rings. The van der Waals surface area contributed by atoms with Gasteiger partial charge in [-0.2, -0.15) is 0 Å². The number of benzene rings is 1. The third-order valence-corrected chi connectivity index (χ3v) is 3.18. The van der Waals surface area contributed by atoms with E-state index in [1.54, 1.807) is 13.2 Å². The molecule has 0 bridgehead atoms. The SMILES string of the molecule is COCc1cccc(C(=O)OC[C@H]2CCCOC2)c1. The van der Waals surface area contributed by atoms with Gasteiger partial charge in [-0.15, -0.1) is 0 Å². The zero-order valence-corrected chi connectivity index (χ0v) is 11.3. The van der Waals surface area contributed by atoms with E-state index in [-0.39, 0.29) is 5.97 Å². The highest BCUT2D eigenvalue weighted by Crippen LogP contribution is 2.15. The summed E-state index contributed by atoms with van der Waals surface area (Å²) in [5, 5.41) is 0. The first-order chi connectivity index (χ1) is 9.29. The van der Waals surface area contributed by atoms with Gasteiger partial charge in [-0.1, -0.05) is 12.1 Å². The summed E-state index contributed by atoms with van der Waals surface area (Å²) in [6.07, 6.45) is 2.11. The zero-order valence-electron chi connectivity index (χ0n) is 11.3. The highest BCUT2D eigenvalue weighted by atomic mass is 16.5. The third kappa shape index (κ3) is 4.33. The number of rotatable bonds is 5. The van der Waals surface area contributed by atoms with E-state index in [1.807, 2.05) is 18.2 Å². The van der Waals surface area contributed by atoms with Gasteiger partial charge in [0.25, 0.3) is 0 Å². The minimum Gasteiger partial charge on any atom is -0.462 e. The van der Waals surface area contributed by atoms with Crippen LogP contribution in [-0.2, 0) is 20.8 Å². The fourth-order valence-electron chi connectivity index (χ4n) is 2.17. The quantitative estimate of drug-likeness (QED) is 0.766. The first-order valence-electron chi connectivity index (χ1n) is 6.62. The van der Waals surface area contributed by atoms with Crippen molar-refractivity contribution in [1.82, 2.24) is 0 Å². The number of carbonyl (C=O) groups excluding carboxylic acids is 1. The van der Waals surface area contributed by atoms with Crippen LogP contribution in [0.25, 0.3) is 0 Å². The lowest BCUT2D eigenvalue weighted by molar-refractivity contribution is 0.00858. The van der Waals surface area contributed by atoms with E-state index in [9.17, 15) is 4.79 Å². The van der Waals surface area contributed by atoms with Gasteiger partial charge in [-0.05, 0) is 30.5 Å². The van der Waals surface area contributed by atoms with Crippen LogP contribution < -0.4 is 0 Å². The Morgan fingerprint density at radius 3 is 3.11 bits per heavy atom. The molecule has 19 heavy (non-hydrogen) atoms. The van der Waals surface area contributed by atoms with Crippen molar-refractivity contribution in [2.24, 2.45) is 5.92 Å². The first kappa shape index (κ1) is 14.0. The van der Waals surface area contributed by atoms with E-state index in [2.05, 4.69) is 0 Å². The highest BCUT2D eigenvalue weighted by molar-refractivity contribution is 5.89. The van der Waals surface area contributed by atoms with Crippen LogP contribution in [0, 0.1) is 5.92 Å². The minimum absolute atomic E-state index is 0.275. The maximum absolute atomic E-state index is 11.9. The summed E-state index contributed by atoms with van der Waals surface area (Å²) in [6, 6.07) is 7.34. The number of ether oxygens (including phenoxy) is 3. The maximum atomic E-state index is 11.9. The summed E-state index contributed by atoms with van der Waals surface area (Å²) in [5.41, 5.74) is 1.55. The van der Waals surface area contributed by atoms with Gasteiger partial charge in [0.15, 0.2) is 0 Å². The summed E-state index contributed by atoms with van der Waals surface area (Å²) in [5.74, 6) is 0.0587. The molecule has 1 aromatic rings. The summed E-state index contributed by atoms with van der Waals surface area (Å²) in [7, 11) is 1.63. The van der Waals surface area contributed by atoms with E-state index in [0.717, 1.165) is 25.0 Å². The summed E-state index contributed by atoms with van der Waals surface area (Å²) in [4.78, 5) is 11.9. The van der Waals surface area contributed by atoms with Crippen molar-refractivity contribution in [3.05, 3.63) is 35.4 Å². The van der Waals surface area contributed by atoms with Gasteiger partial charge < -0.3 is 14.2 Å². The summed E-state index contributed by atoms with van der Waals surface area (Å²) in [6.45, 7) is 2.45. The van der Waals surface area contributed by atoms with Crippen LogP contribution in [-0.4, -0.2) is 32.9 Å². The fraction of sp³-hybridized carbons (Fsp3) is 0.533. The molecule has 4 heteroatoms. The van der Waals surface area contributed by atoms with Crippen molar-refractivity contribution in [2.75, 3.05) is 26.9 Å². The van der Waals surface area contributed by atoms with Gasteiger partial charge in [-0.3, -0.25) is 0 Å². The smallest absolute Gasteiger partial charge is 0.338 e. The normalized spacial score (nSPS) is 19.1. The van der Waals surface area contributed by atoms with Crippen LogP contribution in [0.2, 0.25) is 0 Å². The van der Waals surface area contributed by atoms with Crippen LogP contribution in [0.15, 0.2) is 24.3 Å². The summed E-state index contributed by atoms with van der Waals surface area (Å²) >= 11 is 0. The first-order valence-corrected chi connectivity index (χ1v) is 6.62. The molecule has 1 heterocycles. The van der Waals surface area contributed by atoms with Gasteiger partial charge in [0.2, 0.25) is 0 Å². The van der Waals surface area contributed by atoms with Crippen molar-refractivity contribution in [3.63, 3.8) is 0 Å². The highest BCUT2D eigenvalue weighted by Gasteiger charge is 2.16. The van der Waals surface area contributed by atoms with Crippen molar-refractivity contribution in [2.45, 2.75) is 19.4 Å². The molecule has 4 nitrogen and oxygen atoms in total. The molecule has 0 N–H and O–H groups in total. The molecule has 0 saturated carbocycles. The van der Waals surface area contributed by atoms with Crippen molar-refractivity contribution in [3.8, 4) is 0 Å². The lowest BCUT2D eigenvalue weighted by Gasteiger charge is -2.21. The Balaban J connectivity index is 1.86. The predicted molar refractivity (Wildman–Crippen MR) is 71.0 cm³/mol. The Morgan fingerprint density at radius 2 is 2.37 bits per heavy atom. The second-order valence-electron chi connectivity index (χ2n) is 4.82. The Hall–Kier alpha value is -1.39. The van der Waals surface area contributed by atoms with Crippen molar-refractivity contribution < 1.29 is 19.0 Å². The van der Waals surface area contributed by atoms with E-state index in [1.165, 1.54) is 0 Å². The third-order valence-electron chi connectivity index (χ3n) is 3.18. The van der Waals surface area contributed by atoms with Crippen LogP contribution in [0.1, 0.15) is 28.8 Å². The molecular formula is C15H20O4. The van der Waals surface area contributed by atoms with Crippen LogP contribution in [0.5, 0.6) is 0 Å². The fourth-order valence-corrected chi connectivity index (χ4v) is 2.17. The molecule has 0 radical (unpaired) electrons. The molecule has 0 aliphatic carbocycles. The second-order valence-corrected chi connectivity index (χ2v) is 4.82. The molecule has 1 aromatic carbocycles. The van der Waals surface area contributed by atoms with Crippen molar-refractivity contribution >= 4 is 5.97 Å². The van der Waals surface area contributed by atoms with Crippen LogP contribution >= 0.6 is 0 Å². The number of hydrogen-bond acceptors (Lipinski definition) is 4. The Bertz CT molecular complexity index is 410. The van der Waals surface area contributed by atoms with Gasteiger partial charge >= 0.3 is 5.97 Å². The molecule has 0 spiro atoms. The topological polar surface area (TPSA) is 44.8 Å². The monoisotopic (exact) mass is 264 g/mol. The Morgan fingerprint density at radius 1 is 1.47 bits per heavy atom. The van der Waals surface area contributed by atoms with E-state index >= 15 is 0 Å². The molecule has 1 aliphatic heterocycles. The molecule has 1 fully saturated rings. The average Bonchev–Trinajstić information content (AvgIpc) is 2.46. The summed E-state index contributed by atoms with van der Waals surface area (Å²) < 4.78 is 15.8. The van der Waals surface area contributed by atoms with Crippen LogP contribution in [0.3, 0.4) is 0 Å². The van der Waals surface area contributed by atoms with Crippen LogP contribution in [0.4, 0.5) is 0 Å². The molecular weight excluding hydrogens is 244 g/mol. The molecule has 0 aromatic heterocycles. The number of hydrogen-bond donors (Lipinski definition) is 0. The average molecular weight is 264 g/mol. The molecule has 1 atom stereocenters. The van der Waals surface area contributed by atoms with E-state index < -0.39 is 0 Å². The molecule has 2 rings (SSSR count). The minimum atomic E-state index is -0.275. The number of esters is 1. The number of methoxy groups -OCH3 is 1.